The van der Waals surface area contributed by atoms with E-state index in [9.17, 15) is 0 Å². The molecule has 0 radical (unpaired) electrons. The third-order valence-electron chi connectivity index (χ3n) is 2.45. The van der Waals surface area contributed by atoms with E-state index in [2.05, 4.69) is 6.07 Å². The van der Waals surface area contributed by atoms with Crippen LogP contribution < -0.4 is 5.73 Å². The molecule has 0 saturated heterocycles. The van der Waals surface area contributed by atoms with Crippen LogP contribution in [-0.2, 0) is 0 Å². The summed E-state index contributed by atoms with van der Waals surface area (Å²) in [5.74, 6) is 0.317. The van der Waals surface area contributed by atoms with E-state index in [4.69, 9.17) is 11.0 Å². The van der Waals surface area contributed by atoms with Crippen LogP contribution in [-0.4, -0.2) is 6.04 Å². The van der Waals surface area contributed by atoms with Crippen LogP contribution in [0.1, 0.15) is 12.8 Å². The van der Waals surface area contributed by atoms with Gasteiger partial charge in [-0.1, -0.05) is 0 Å². The fourth-order valence-electron chi connectivity index (χ4n) is 1.48. The molecule has 2 nitrogen and oxygen atoms in total. The zero-order chi connectivity index (χ0) is 5.78. The van der Waals surface area contributed by atoms with Crippen LogP contribution in [0, 0.1) is 22.7 Å². The van der Waals surface area contributed by atoms with Gasteiger partial charge in [0, 0.05) is 11.5 Å². The quantitative estimate of drug-likeness (QED) is 0.483. The maximum atomic E-state index is 8.39. The normalized spacial score (nSPS) is 58.0. The van der Waals surface area contributed by atoms with Gasteiger partial charge in [-0.3, -0.25) is 0 Å². The van der Waals surface area contributed by atoms with Gasteiger partial charge in [-0.05, 0) is 12.8 Å². The number of nitriles is 1. The van der Waals surface area contributed by atoms with Crippen molar-refractivity contribution in [2.45, 2.75) is 18.9 Å². The van der Waals surface area contributed by atoms with E-state index in [1.54, 1.807) is 0 Å². The summed E-state index contributed by atoms with van der Waals surface area (Å²) in [7, 11) is 0. The van der Waals surface area contributed by atoms with Crippen molar-refractivity contribution in [2.75, 3.05) is 0 Å². The number of rotatable bonds is 0. The van der Waals surface area contributed by atoms with Gasteiger partial charge in [-0.15, -0.1) is 0 Å². The van der Waals surface area contributed by atoms with E-state index in [0.29, 0.717) is 17.4 Å². The molecule has 2 aliphatic rings. The van der Waals surface area contributed by atoms with Gasteiger partial charge in [0.25, 0.3) is 0 Å². The molecule has 2 N–H and O–H groups in total. The third-order valence-corrected chi connectivity index (χ3v) is 2.45. The molecule has 42 valence electrons. The Morgan fingerprint density at radius 2 is 2.25 bits per heavy atom. The molecule has 0 amide bonds. The zero-order valence-corrected chi connectivity index (χ0v) is 4.59. The highest BCUT2D eigenvalue weighted by molar-refractivity contribution is 5.27. The molecule has 2 fully saturated rings. The summed E-state index contributed by atoms with van der Waals surface area (Å²) >= 11 is 0. The van der Waals surface area contributed by atoms with Gasteiger partial charge in [-0.2, -0.15) is 5.26 Å². The minimum absolute atomic E-state index is 0.317. The van der Waals surface area contributed by atoms with Gasteiger partial charge >= 0.3 is 0 Å². The Balaban J connectivity index is 2.09. The van der Waals surface area contributed by atoms with Crippen molar-refractivity contribution in [1.29, 1.82) is 5.26 Å². The number of hydrogen-bond acceptors (Lipinski definition) is 2. The summed E-state index contributed by atoms with van der Waals surface area (Å²) in [6.45, 7) is 0. The SMILES string of the molecule is N#CC1CC12CC2N. The van der Waals surface area contributed by atoms with Crippen molar-refractivity contribution in [1.82, 2.24) is 0 Å². The Bertz CT molecular complexity index is 170. The van der Waals surface area contributed by atoms with Gasteiger partial charge < -0.3 is 5.73 Å². The molecule has 3 unspecified atom stereocenters. The lowest BCUT2D eigenvalue weighted by molar-refractivity contribution is 0.776. The molecule has 0 aliphatic heterocycles. The first-order valence-corrected chi connectivity index (χ1v) is 2.95. The summed E-state index contributed by atoms with van der Waals surface area (Å²) in [5.41, 5.74) is 5.92. The molecule has 2 rings (SSSR count). The Labute approximate surface area is 48.3 Å². The lowest BCUT2D eigenvalue weighted by Gasteiger charge is -1.77. The maximum Gasteiger partial charge on any atom is 0.0662 e. The molecule has 8 heavy (non-hydrogen) atoms. The summed E-state index contributed by atoms with van der Waals surface area (Å²) in [4.78, 5) is 0. The zero-order valence-electron chi connectivity index (χ0n) is 4.59. The van der Waals surface area contributed by atoms with Crippen molar-refractivity contribution in [2.24, 2.45) is 17.1 Å². The lowest BCUT2D eigenvalue weighted by Crippen LogP contribution is -2.02. The molecule has 0 aromatic rings. The van der Waals surface area contributed by atoms with Crippen LogP contribution in [0.3, 0.4) is 0 Å². The fourth-order valence-corrected chi connectivity index (χ4v) is 1.48. The molecule has 2 saturated carbocycles. The number of nitrogens with zero attached hydrogens (tertiary/aromatic N) is 1. The van der Waals surface area contributed by atoms with Crippen LogP contribution in [0.4, 0.5) is 0 Å². The predicted octanol–water partition coefficient (Wildman–Crippen LogP) is 0.247. The van der Waals surface area contributed by atoms with Crippen molar-refractivity contribution in [3.05, 3.63) is 0 Å². The minimum Gasteiger partial charge on any atom is -0.327 e. The Morgan fingerprint density at radius 1 is 1.62 bits per heavy atom. The smallest absolute Gasteiger partial charge is 0.0662 e. The van der Waals surface area contributed by atoms with Gasteiger partial charge in [0.2, 0.25) is 0 Å². The van der Waals surface area contributed by atoms with Crippen molar-refractivity contribution < 1.29 is 0 Å². The second-order valence-corrected chi connectivity index (χ2v) is 2.93. The second-order valence-electron chi connectivity index (χ2n) is 2.93. The Morgan fingerprint density at radius 3 is 2.38 bits per heavy atom. The average Bonchev–Trinajstić information content (AvgIpc) is 2.55. The van der Waals surface area contributed by atoms with E-state index in [1.807, 2.05) is 0 Å². The first kappa shape index (κ1) is 4.34. The fraction of sp³-hybridized carbons (Fsp3) is 0.833. The van der Waals surface area contributed by atoms with E-state index in [1.165, 1.54) is 0 Å². The lowest BCUT2D eigenvalue weighted by atomic mass is 10.3. The molecular formula is C6H8N2. The largest absolute Gasteiger partial charge is 0.327 e. The molecule has 0 aromatic carbocycles. The predicted molar refractivity (Wildman–Crippen MR) is 28.7 cm³/mol. The molecule has 0 bridgehead atoms. The number of hydrogen-bond donors (Lipinski definition) is 1. The van der Waals surface area contributed by atoms with Crippen molar-refractivity contribution >= 4 is 0 Å². The highest BCUT2D eigenvalue weighted by Crippen LogP contribution is 2.69. The maximum absolute atomic E-state index is 8.39. The van der Waals surface area contributed by atoms with Gasteiger partial charge in [-0.25, -0.2) is 0 Å². The van der Waals surface area contributed by atoms with E-state index >= 15 is 0 Å². The Hall–Kier alpha value is -0.550. The summed E-state index contributed by atoms with van der Waals surface area (Å²) in [6, 6.07) is 2.61. The Kier molecular flexibility index (Phi) is 0.498. The topological polar surface area (TPSA) is 49.8 Å². The van der Waals surface area contributed by atoms with E-state index < -0.39 is 0 Å². The molecule has 1 spiro atoms. The molecule has 0 heterocycles. The molecule has 3 atom stereocenters. The van der Waals surface area contributed by atoms with Gasteiger partial charge in [0.15, 0.2) is 0 Å². The second kappa shape index (κ2) is 0.918. The molecular weight excluding hydrogens is 100 g/mol. The van der Waals surface area contributed by atoms with Crippen molar-refractivity contribution in [3.63, 3.8) is 0 Å². The molecule has 0 aromatic heterocycles. The van der Waals surface area contributed by atoms with Crippen LogP contribution in [0.15, 0.2) is 0 Å². The van der Waals surface area contributed by atoms with E-state index in [-0.39, 0.29) is 0 Å². The van der Waals surface area contributed by atoms with Gasteiger partial charge in [0.05, 0.1) is 12.0 Å². The highest BCUT2D eigenvalue weighted by Gasteiger charge is 2.69. The van der Waals surface area contributed by atoms with E-state index in [0.717, 1.165) is 12.8 Å². The van der Waals surface area contributed by atoms with Crippen LogP contribution in [0.5, 0.6) is 0 Å². The summed E-state index contributed by atoms with van der Waals surface area (Å²) in [5, 5.41) is 8.39. The minimum atomic E-state index is 0.317. The van der Waals surface area contributed by atoms with Crippen LogP contribution in [0.25, 0.3) is 0 Å². The average molecular weight is 108 g/mol. The molecule has 2 heteroatoms. The number of nitrogens with two attached hydrogens (primary N) is 1. The summed E-state index contributed by atoms with van der Waals surface area (Å²) < 4.78 is 0. The standard InChI is InChI=1S/C6H8N2/c7-3-4-1-6(4)2-5(6)8/h4-5H,1-2,8H2. The van der Waals surface area contributed by atoms with Crippen LogP contribution in [0.2, 0.25) is 0 Å². The molecule has 2 aliphatic carbocycles. The first-order valence-electron chi connectivity index (χ1n) is 2.95. The monoisotopic (exact) mass is 108 g/mol. The van der Waals surface area contributed by atoms with Crippen LogP contribution >= 0.6 is 0 Å². The third kappa shape index (κ3) is 0.285. The highest BCUT2D eigenvalue weighted by atomic mass is 14.9. The first-order chi connectivity index (χ1) is 3.79. The van der Waals surface area contributed by atoms with Crippen molar-refractivity contribution in [3.8, 4) is 6.07 Å². The van der Waals surface area contributed by atoms with Gasteiger partial charge in [0.1, 0.15) is 0 Å². The summed E-state index contributed by atoms with van der Waals surface area (Å²) in [6.07, 6.45) is 2.18.